The molecular formula is C14H14ClN3S. The monoisotopic (exact) mass is 291 g/mol. The Morgan fingerprint density at radius 3 is 2.63 bits per heavy atom. The molecular weight excluding hydrogens is 278 g/mol. The van der Waals surface area contributed by atoms with E-state index in [0.717, 1.165) is 22.1 Å². The van der Waals surface area contributed by atoms with Crippen molar-refractivity contribution in [1.82, 2.24) is 10.3 Å². The standard InChI is InChI=1S/C14H14ClN3S/c1-10-3-2-4-13(17-10)18-14(19)16-9-11-5-7-12(15)8-6-11/h2-8H,9H2,1H3,(H2,16,17,18,19). The fourth-order valence-electron chi connectivity index (χ4n) is 1.56. The molecule has 1 aromatic carbocycles. The van der Waals surface area contributed by atoms with Gasteiger partial charge in [0, 0.05) is 17.3 Å². The van der Waals surface area contributed by atoms with E-state index in [1.165, 1.54) is 0 Å². The van der Waals surface area contributed by atoms with Gasteiger partial charge in [-0.1, -0.05) is 29.8 Å². The van der Waals surface area contributed by atoms with Crippen LogP contribution in [0.15, 0.2) is 42.5 Å². The summed E-state index contributed by atoms with van der Waals surface area (Å²) >= 11 is 11.0. The first kappa shape index (κ1) is 13.8. The molecule has 2 rings (SSSR count). The number of thiocarbonyl (C=S) groups is 1. The van der Waals surface area contributed by atoms with E-state index < -0.39 is 0 Å². The topological polar surface area (TPSA) is 37.0 Å². The van der Waals surface area contributed by atoms with Crippen molar-refractivity contribution >= 4 is 34.7 Å². The van der Waals surface area contributed by atoms with Gasteiger partial charge in [-0.15, -0.1) is 0 Å². The van der Waals surface area contributed by atoms with Crippen LogP contribution >= 0.6 is 23.8 Å². The highest BCUT2D eigenvalue weighted by Crippen LogP contribution is 2.09. The molecule has 2 aromatic rings. The molecule has 2 N–H and O–H groups in total. The molecule has 0 fully saturated rings. The van der Waals surface area contributed by atoms with Crippen molar-refractivity contribution in [3.05, 3.63) is 58.7 Å². The largest absolute Gasteiger partial charge is 0.358 e. The van der Waals surface area contributed by atoms with Crippen LogP contribution in [0.5, 0.6) is 0 Å². The number of hydrogen-bond donors (Lipinski definition) is 2. The minimum atomic E-state index is 0.549. The van der Waals surface area contributed by atoms with E-state index in [-0.39, 0.29) is 0 Å². The molecule has 5 heteroatoms. The third kappa shape index (κ3) is 4.50. The molecule has 0 saturated carbocycles. The molecule has 1 heterocycles. The lowest BCUT2D eigenvalue weighted by molar-refractivity contribution is 0.924. The van der Waals surface area contributed by atoms with Gasteiger partial charge in [0.05, 0.1) is 0 Å². The molecule has 0 aliphatic rings. The highest BCUT2D eigenvalue weighted by Gasteiger charge is 1.99. The van der Waals surface area contributed by atoms with Gasteiger partial charge < -0.3 is 10.6 Å². The van der Waals surface area contributed by atoms with Gasteiger partial charge >= 0.3 is 0 Å². The van der Waals surface area contributed by atoms with E-state index >= 15 is 0 Å². The Morgan fingerprint density at radius 2 is 1.95 bits per heavy atom. The Labute approximate surface area is 123 Å². The van der Waals surface area contributed by atoms with Crippen molar-refractivity contribution in [2.24, 2.45) is 0 Å². The van der Waals surface area contributed by atoms with E-state index in [9.17, 15) is 0 Å². The Bertz CT molecular complexity index is 569. The number of nitrogens with one attached hydrogen (secondary N) is 2. The van der Waals surface area contributed by atoms with Crippen LogP contribution in [0.4, 0.5) is 5.82 Å². The molecule has 0 spiro atoms. The first-order chi connectivity index (χ1) is 9.13. The quantitative estimate of drug-likeness (QED) is 0.848. The summed E-state index contributed by atoms with van der Waals surface area (Å²) in [4.78, 5) is 4.32. The molecule has 19 heavy (non-hydrogen) atoms. The van der Waals surface area contributed by atoms with Crippen molar-refractivity contribution in [2.75, 3.05) is 5.32 Å². The van der Waals surface area contributed by atoms with E-state index in [4.69, 9.17) is 23.8 Å². The van der Waals surface area contributed by atoms with Crippen LogP contribution in [0.1, 0.15) is 11.3 Å². The highest BCUT2D eigenvalue weighted by molar-refractivity contribution is 7.80. The van der Waals surface area contributed by atoms with Gasteiger partial charge in [-0.05, 0) is 49.0 Å². The lowest BCUT2D eigenvalue weighted by Crippen LogP contribution is -2.28. The maximum absolute atomic E-state index is 5.83. The number of anilines is 1. The Balaban J connectivity index is 1.86. The van der Waals surface area contributed by atoms with Gasteiger partial charge in [-0.2, -0.15) is 0 Å². The molecule has 0 aliphatic heterocycles. The highest BCUT2D eigenvalue weighted by atomic mass is 35.5. The van der Waals surface area contributed by atoms with Crippen LogP contribution in [-0.2, 0) is 6.54 Å². The zero-order chi connectivity index (χ0) is 13.7. The summed E-state index contributed by atoms with van der Waals surface area (Å²) in [5, 5.41) is 7.45. The second kappa shape index (κ2) is 6.50. The average Bonchev–Trinajstić information content (AvgIpc) is 2.38. The molecule has 0 unspecified atom stereocenters. The summed E-state index contributed by atoms with van der Waals surface area (Å²) < 4.78 is 0. The third-order valence-electron chi connectivity index (χ3n) is 2.50. The Hall–Kier alpha value is -1.65. The van der Waals surface area contributed by atoms with Crippen LogP contribution in [-0.4, -0.2) is 10.1 Å². The summed E-state index contributed by atoms with van der Waals surface area (Å²) in [5.41, 5.74) is 2.07. The van der Waals surface area contributed by atoms with Crippen LogP contribution in [0.2, 0.25) is 5.02 Å². The van der Waals surface area contributed by atoms with Gasteiger partial charge in [-0.25, -0.2) is 4.98 Å². The SMILES string of the molecule is Cc1cccc(NC(=S)NCc2ccc(Cl)cc2)n1. The van der Waals surface area contributed by atoms with Gasteiger partial charge in [0.15, 0.2) is 5.11 Å². The molecule has 1 aromatic heterocycles. The van der Waals surface area contributed by atoms with Crippen LogP contribution in [0, 0.1) is 6.92 Å². The maximum atomic E-state index is 5.83. The van der Waals surface area contributed by atoms with Gasteiger partial charge in [0.2, 0.25) is 0 Å². The van der Waals surface area contributed by atoms with E-state index in [1.54, 1.807) is 0 Å². The lowest BCUT2D eigenvalue weighted by atomic mass is 10.2. The summed E-state index contributed by atoms with van der Waals surface area (Å²) in [6.45, 7) is 2.59. The second-order valence-electron chi connectivity index (χ2n) is 4.10. The van der Waals surface area contributed by atoms with Crippen molar-refractivity contribution in [2.45, 2.75) is 13.5 Å². The Morgan fingerprint density at radius 1 is 1.21 bits per heavy atom. The first-order valence-corrected chi connectivity index (χ1v) is 6.65. The zero-order valence-electron chi connectivity index (χ0n) is 10.5. The average molecular weight is 292 g/mol. The normalized spacial score (nSPS) is 10.0. The first-order valence-electron chi connectivity index (χ1n) is 5.86. The van der Waals surface area contributed by atoms with E-state index in [0.29, 0.717) is 11.7 Å². The number of hydrogen-bond acceptors (Lipinski definition) is 2. The number of pyridine rings is 1. The van der Waals surface area contributed by atoms with Crippen molar-refractivity contribution in [3.8, 4) is 0 Å². The smallest absolute Gasteiger partial charge is 0.172 e. The number of nitrogens with zero attached hydrogens (tertiary/aromatic N) is 1. The van der Waals surface area contributed by atoms with E-state index in [2.05, 4.69) is 15.6 Å². The summed E-state index contributed by atoms with van der Waals surface area (Å²) in [5.74, 6) is 0.744. The predicted octanol–water partition coefficient (Wildman–Crippen LogP) is 3.53. The van der Waals surface area contributed by atoms with Gasteiger partial charge in [-0.3, -0.25) is 0 Å². The molecule has 0 atom stereocenters. The van der Waals surface area contributed by atoms with Crippen molar-refractivity contribution in [1.29, 1.82) is 0 Å². The Kier molecular flexibility index (Phi) is 4.71. The number of aromatic nitrogens is 1. The predicted molar refractivity (Wildman–Crippen MR) is 83.5 cm³/mol. The molecule has 98 valence electrons. The second-order valence-corrected chi connectivity index (χ2v) is 4.94. The zero-order valence-corrected chi connectivity index (χ0v) is 12.1. The molecule has 0 radical (unpaired) electrons. The number of halogens is 1. The maximum Gasteiger partial charge on any atom is 0.172 e. The fraction of sp³-hybridized carbons (Fsp3) is 0.143. The van der Waals surface area contributed by atoms with Crippen LogP contribution in [0.3, 0.4) is 0 Å². The van der Waals surface area contributed by atoms with Crippen LogP contribution in [0.25, 0.3) is 0 Å². The molecule has 0 bridgehead atoms. The lowest BCUT2D eigenvalue weighted by Gasteiger charge is -2.10. The number of benzene rings is 1. The number of rotatable bonds is 3. The summed E-state index contributed by atoms with van der Waals surface area (Å²) in [6.07, 6.45) is 0. The molecule has 3 nitrogen and oxygen atoms in total. The van der Waals surface area contributed by atoms with Crippen molar-refractivity contribution < 1.29 is 0 Å². The van der Waals surface area contributed by atoms with Crippen molar-refractivity contribution in [3.63, 3.8) is 0 Å². The molecule has 0 amide bonds. The summed E-state index contributed by atoms with van der Waals surface area (Å²) in [7, 11) is 0. The summed E-state index contributed by atoms with van der Waals surface area (Å²) in [6, 6.07) is 13.4. The van der Waals surface area contributed by atoms with E-state index in [1.807, 2.05) is 49.4 Å². The third-order valence-corrected chi connectivity index (χ3v) is 2.99. The van der Waals surface area contributed by atoms with Crippen LogP contribution < -0.4 is 10.6 Å². The van der Waals surface area contributed by atoms with Gasteiger partial charge in [0.25, 0.3) is 0 Å². The minimum Gasteiger partial charge on any atom is -0.358 e. The number of aryl methyl sites for hydroxylation is 1. The van der Waals surface area contributed by atoms with Gasteiger partial charge in [0.1, 0.15) is 5.82 Å². The fourth-order valence-corrected chi connectivity index (χ4v) is 1.86. The minimum absolute atomic E-state index is 0.549. The molecule has 0 saturated heterocycles. The molecule has 0 aliphatic carbocycles.